The van der Waals surface area contributed by atoms with Crippen LogP contribution in [0, 0.1) is 5.92 Å². The molecule has 27 heavy (non-hydrogen) atoms. The third kappa shape index (κ3) is 3.66. The Hall–Kier alpha value is -2.12. The second-order valence-corrected chi connectivity index (χ2v) is 7.59. The summed E-state index contributed by atoms with van der Waals surface area (Å²) in [4.78, 5) is 31.6. The fraction of sp³-hybridized carbons (Fsp3) is 0.600. The first-order chi connectivity index (χ1) is 12.7. The molecule has 0 aromatic carbocycles. The summed E-state index contributed by atoms with van der Waals surface area (Å²) in [6, 6.07) is -0.813. The Morgan fingerprint density at radius 1 is 1.44 bits per heavy atom. The Kier molecular flexibility index (Phi) is 5.44. The van der Waals surface area contributed by atoms with Crippen LogP contribution in [-0.2, 0) is 14.3 Å². The van der Waals surface area contributed by atoms with Gasteiger partial charge in [-0.2, -0.15) is 4.98 Å². The number of hydrogen-bond donors (Lipinski definition) is 4. The number of anilines is 1. The molecule has 11 nitrogen and oxygen atoms in total. The zero-order valence-electron chi connectivity index (χ0n) is 14.7. The van der Waals surface area contributed by atoms with Gasteiger partial charge in [-0.1, -0.05) is 25.2 Å². The largest absolute Gasteiger partial charge is 0.462 e. The molecule has 0 aliphatic carbocycles. The lowest BCUT2D eigenvalue weighted by molar-refractivity contribution is -0.152. The summed E-state index contributed by atoms with van der Waals surface area (Å²) in [7, 11) is 0. The summed E-state index contributed by atoms with van der Waals surface area (Å²) >= 11 is 0.856. The van der Waals surface area contributed by atoms with Gasteiger partial charge in [0.05, 0.1) is 10.9 Å². The predicted molar refractivity (Wildman–Crippen MR) is 95.8 cm³/mol. The van der Waals surface area contributed by atoms with Gasteiger partial charge in [-0.15, -0.1) is 0 Å². The average molecular weight is 399 g/mol. The number of aromatic nitrogens is 3. The van der Waals surface area contributed by atoms with Gasteiger partial charge in [0.2, 0.25) is 5.95 Å². The number of carbonyl (C=O) groups excluding carboxylic acids is 1. The van der Waals surface area contributed by atoms with E-state index in [9.17, 15) is 19.8 Å². The number of nitrogens with two attached hydrogens (primary N) is 2. The molecule has 1 saturated heterocycles. The Bertz CT molecular complexity index is 898. The monoisotopic (exact) mass is 399 g/mol. The quantitative estimate of drug-likeness (QED) is 0.436. The van der Waals surface area contributed by atoms with E-state index in [4.69, 9.17) is 20.9 Å². The number of carbonyl (C=O) groups is 1. The minimum absolute atomic E-state index is 0.0461. The van der Waals surface area contributed by atoms with Crippen LogP contribution < -0.4 is 16.3 Å². The second kappa shape index (κ2) is 7.48. The zero-order chi connectivity index (χ0) is 19.9. The molecule has 0 saturated carbocycles. The summed E-state index contributed by atoms with van der Waals surface area (Å²) in [6.07, 6.45) is -3.66. The molecule has 1 aliphatic rings. The average Bonchev–Trinajstić information content (AvgIpc) is 3.08. The van der Waals surface area contributed by atoms with Crippen molar-refractivity contribution in [1.82, 2.24) is 14.5 Å². The van der Waals surface area contributed by atoms with Crippen molar-refractivity contribution < 1.29 is 24.5 Å². The second-order valence-electron chi connectivity index (χ2n) is 6.60. The van der Waals surface area contributed by atoms with Crippen LogP contribution in [0.4, 0.5) is 5.95 Å². The fourth-order valence-electron chi connectivity index (χ4n) is 2.69. The summed E-state index contributed by atoms with van der Waals surface area (Å²) in [5.74, 6) is -0.807. The predicted octanol–water partition coefficient (Wildman–Crippen LogP) is -1.42. The number of hydrogen-bond acceptors (Lipinski definition) is 11. The first-order valence-corrected chi connectivity index (χ1v) is 9.09. The zero-order valence-corrected chi connectivity index (χ0v) is 15.5. The van der Waals surface area contributed by atoms with Gasteiger partial charge in [-0.05, 0) is 5.92 Å². The summed E-state index contributed by atoms with van der Waals surface area (Å²) in [5, 5.41) is 20.6. The van der Waals surface area contributed by atoms with E-state index < -0.39 is 41.4 Å². The van der Waals surface area contributed by atoms with Crippen LogP contribution in [0.5, 0.6) is 0 Å². The minimum Gasteiger partial charge on any atom is -0.462 e. The van der Waals surface area contributed by atoms with Crippen LogP contribution in [-0.4, -0.2) is 61.7 Å². The summed E-state index contributed by atoms with van der Waals surface area (Å²) in [6.45, 7) is 3.23. The van der Waals surface area contributed by atoms with Crippen LogP contribution in [0.25, 0.3) is 10.3 Å². The highest BCUT2D eigenvalue weighted by atomic mass is 32.1. The molecule has 148 valence electrons. The van der Waals surface area contributed by atoms with Crippen molar-refractivity contribution in [2.45, 2.75) is 44.4 Å². The van der Waals surface area contributed by atoms with Gasteiger partial charge in [0.25, 0.3) is 0 Å². The molecule has 2 aromatic heterocycles. The molecule has 3 heterocycles. The van der Waals surface area contributed by atoms with Crippen molar-refractivity contribution in [3.8, 4) is 0 Å². The van der Waals surface area contributed by atoms with Crippen LogP contribution in [0.2, 0.25) is 0 Å². The van der Waals surface area contributed by atoms with Crippen molar-refractivity contribution in [3.05, 3.63) is 15.9 Å². The maximum Gasteiger partial charge on any atom is 0.323 e. The first-order valence-electron chi connectivity index (χ1n) is 8.28. The van der Waals surface area contributed by atoms with Crippen molar-refractivity contribution in [2.75, 3.05) is 12.3 Å². The number of nitrogen functional groups attached to an aromatic ring is 1. The maximum atomic E-state index is 12.3. The number of ether oxygens (including phenoxy) is 2. The molecule has 1 aliphatic heterocycles. The molecule has 2 aromatic rings. The number of rotatable bonds is 5. The minimum atomic E-state index is -1.43. The normalized spacial score (nSPS) is 26.6. The molecular formula is C15H21N5O6S. The van der Waals surface area contributed by atoms with Crippen LogP contribution in [0.15, 0.2) is 11.0 Å². The van der Waals surface area contributed by atoms with Crippen molar-refractivity contribution in [1.29, 1.82) is 0 Å². The van der Waals surface area contributed by atoms with E-state index in [2.05, 4.69) is 9.97 Å². The molecule has 3 rings (SSSR count). The van der Waals surface area contributed by atoms with Crippen LogP contribution in [0.3, 0.4) is 0 Å². The first kappa shape index (κ1) is 19.6. The third-order valence-electron chi connectivity index (χ3n) is 4.35. The molecule has 0 amide bonds. The highest BCUT2D eigenvalue weighted by Gasteiger charge is 2.45. The van der Waals surface area contributed by atoms with Gasteiger partial charge in [-0.3, -0.25) is 14.2 Å². The van der Waals surface area contributed by atoms with Gasteiger partial charge < -0.3 is 31.2 Å². The molecule has 0 radical (unpaired) electrons. The maximum absolute atomic E-state index is 12.3. The van der Waals surface area contributed by atoms with Gasteiger partial charge >= 0.3 is 10.8 Å². The van der Waals surface area contributed by atoms with E-state index in [-0.39, 0.29) is 24.1 Å². The van der Waals surface area contributed by atoms with E-state index in [0.717, 1.165) is 15.9 Å². The van der Waals surface area contributed by atoms with Crippen molar-refractivity contribution in [3.63, 3.8) is 0 Å². The Balaban J connectivity index is 1.80. The van der Waals surface area contributed by atoms with Gasteiger partial charge in [0.15, 0.2) is 11.9 Å². The number of aliphatic hydroxyl groups is 2. The molecular weight excluding hydrogens is 378 g/mol. The molecule has 0 bridgehead atoms. The Morgan fingerprint density at radius 2 is 2.15 bits per heavy atom. The molecule has 1 fully saturated rings. The number of fused-ring (bicyclic) bond motifs is 1. The van der Waals surface area contributed by atoms with E-state index in [1.54, 1.807) is 13.8 Å². The van der Waals surface area contributed by atoms with Gasteiger partial charge in [0.1, 0.15) is 31.0 Å². The molecule has 12 heteroatoms. The van der Waals surface area contributed by atoms with Gasteiger partial charge in [-0.25, -0.2) is 4.98 Å². The smallest absolute Gasteiger partial charge is 0.323 e. The lowest BCUT2D eigenvalue weighted by Crippen LogP contribution is -2.40. The van der Waals surface area contributed by atoms with Crippen LogP contribution in [0.1, 0.15) is 20.1 Å². The summed E-state index contributed by atoms with van der Waals surface area (Å²) < 4.78 is 12.2. The van der Waals surface area contributed by atoms with Crippen molar-refractivity contribution >= 4 is 33.6 Å². The number of esters is 1. The number of thiazole rings is 1. The molecule has 0 unspecified atom stereocenters. The Morgan fingerprint density at radius 3 is 2.81 bits per heavy atom. The van der Waals surface area contributed by atoms with E-state index in [0.29, 0.717) is 4.70 Å². The third-order valence-corrected chi connectivity index (χ3v) is 5.23. The van der Waals surface area contributed by atoms with E-state index >= 15 is 0 Å². The fourth-order valence-corrected chi connectivity index (χ4v) is 3.50. The summed E-state index contributed by atoms with van der Waals surface area (Å²) in [5.41, 5.74) is 11.5. The highest BCUT2D eigenvalue weighted by Crippen LogP contribution is 2.31. The topological polar surface area (TPSA) is 176 Å². The lowest BCUT2D eigenvalue weighted by Gasteiger charge is -2.18. The number of nitrogens with zero attached hydrogens (tertiary/aromatic N) is 3. The standard InChI is InChI=1S/C15H21N5O6S/c1-5(2)8(16)13(23)25-4-6-9(21)10(22)12(26-6)20-11-7(27-15(20)24)3-18-14(17)19-11/h3,5-6,8-10,12,21-22H,4,16H2,1-2H3,(H2,17,18,19)/t6-,8+,9-,10-,12-/m1/s1. The molecule has 5 atom stereocenters. The van der Waals surface area contributed by atoms with Crippen LogP contribution >= 0.6 is 11.3 Å². The lowest BCUT2D eigenvalue weighted by atomic mass is 10.1. The highest BCUT2D eigenvalue weighted by molar-refractivity contribution is 7.16. The van der Waals surface area contributed by atoms with Gasteiger partial charge in [0, 0.05) is 0 Å². The SMILES string of the molecule is CC(C)[C@H](N)C(=O)OC[C@H]1O[C@@H](n2c(=O)sc3cnc(N)nc32)[C@H](O)[C@@H]1O. The Labute approximate surface area is 157 Å². The van der Waals surface area contributed by atoms with Crippen molar-refractivity contribution in [2.24, 2.45) is 11.7 Å². The molecule has 6 N–H and O–H groups in total. The molecule has 0 spiro atoms. The number of aliphatic hydroxyl groups excluding tert-OH is 2. The van der Waals surface area contributed by atoms with E-state index in [1.807, 2.05) is 0 Å². The van der Waals surface area contributed by atoms with E-state index in [1.165, 1.54) is 6.20 Å².